The van der Waals surface area contributed by atoms with E-state index in [0.717, 1.165) is 36.0 Å². The lowest BCUT2D eigenvalue weighted by atomic mass is 9.37. The van der Waals surface area contributed by atoms with Crippen molar-refractivity contribution >= 4 is 0 Å². The Morgan fingerprint density at radius 3 is 2.23 bits per heavy atom. The Labute approximate surface area is 188 Å². The van der Waals surface area contributed by atoms with Crippen molar-refractivity contribution < 1.29 is 0 Å². The molecule has 0 N–H and O–H groups in total. The summed E-state index contributed by atoms with van der Waals surface area (Å²) in [7, 11) is 0. The average Bonchev–Trinajstić information content (AvgIpc) is 2.92. The summed E-state index contributed by atoms with van der Waals surface area (Å²) in [6, 6.07) is 0. The van der Waals surface area contributed by atoms with Gasteiger partial charge in [0.2, 0.25) is 0 Å². The van der Waals surface area contributed by atoms with Crippen LogP contribution in [0.4, 0.5) is 0 Å². The van der Waals surface area contributed by atoms with Crippen LogP contribution >= 0.6 is 0 Å². The molecule has 4 aliphatic carbocycles. The van der Waals surface area contributed by atoms with Crippen LogP contribution in [-0.2, 0) is 0 Å². The maximum absolute atomic E-state index is 3.86. The number of hydrogen-bond donors (Lipinski definition) is 0. The van der Waals surface area contributed by atoms with Crippen LogP contribution in [0, 0.1) is 51.2 Å². The predicted octanol–water partition coefficient (Wildman–Crippen LogP) is 9.22. The van der Waals surface area contributed by atoms with Crippen molar-refractivity contribution in [1.82, 2.24) is 0 Å². The Morgan fingerprint density at radius 1 is 0.833 bits per heavy atom. The van der Waals surface area contributed by atoms with Gasteiger partial charge in [-0.1, -0.05) is 59.8 Å². The van der Waals surface area contributed by atoms with Crippen LogP contribution < -0.4 is 0 Å². The highest BCUT2D eigenvalue weighted by Crippen LogP contribution is 2.74. The van der Waals surface area contributed by atoms with Gasteiger partial charge < -0.3 is 0 Å². The first-order chi connectivity index (χ1) is 14.1. The molecule has 0 saturated heterocycles. The van der Waals surface area contributed by atoms with E-state index in [1.807, 2.05) is 0 Å². The summed E-state index contributed by atoms with van der Waals surface area (Å²) < 4.78 is 0. The zero-order valence-corrected chi connectivity index (χ0v) is 21.1. The smallest absolute Gasteiger partial charge is 0.0228 e. The van der Waals surface area contributed by atoms with E-state index in [-0.39, 0.29) is 0 Å². The van der Waals surface area contributed by atoms with E-state index >= 15 is 0 Å². The van der Waals surface area contributed by atoms with Crippen LogP contribution in [0.2, 0.25) is 0 Å². The van der Waals surface area contributed by atoms with Gasteiger partial charge in [-0.2, -0.15) is 0 Å². The molecule has 4 aliphatic rings. The molecule has 4 fully saturated rings. The lowest BCUT2D eigenvalue weighted by Gasteiger charge is -2.67. The van der Waals surface area contributed by atoms with Crippen LogP contribution in [0.15, 0.2) is 24.8 Å². The van der Waals surface area contributed by atoms with Crippen molar-refractivity contribution in [2.75, 3.05) is 0 Å². The molecule has 0 aromatic carbocycles. The SMILES string of the molecule is C=CCCC/C=C/[C@@H]1CC[C@]2(C)C3CC[C@@]4(C)C(CCC4(C)C)C3[C@H](C)C[C@@]2(C)C1. The molecule has 0 aliphatic heterocycles. The minimum absolute atomic E-state index is 0.532. The molecule has 8 atom stereocenters. The highest BCUT2D eigenvalue weighted by atomic mass is 14.7. The summed E-state index contributed by atoms with van der Waals surface area (Å²) in [6.07, 6.45) is 22.5. The van der Waals surface area contributed by atoms with Gasteiger partial charge in [-0.15, -0.1) is 6.58 Å². The average molecular weight is 411 g/mol. The molecule has 0 heterocycles. The molecule has 0 heteroatoms. The van der Waals surface area contributed by atoms with Crippen LogP contribution in [0.25, 0.3) is 0 Å². The first-order valence-corrected chi connectivity index (χ1v) is 13.4. The normalized spacial score (nSPS) is 50.0. The van der Waals surface area contributed by atoms with Gasteiger partial charge >= 0.3 is 0 Å². The Balaban J connectivity index is 1.53. The molecule has 0 aromatic heterocycles. The second-order valence-electron chi connectivity index (χ2n) is 13.5. The molecule has 0 spiro atoms. The van der Waals surface area contributed by atoms with Gasteiger partial charge in [0.05, 0.1) is 0 Å². The summed E-state index contributed by atoms with van der Waals surface area (Å²) in [5.41, 5.74) is 2.21. The number of allylic oxidation sites excluding steroid dienone is 3. The Kier molecular flexibility index (Phi) is 5.90. The third kappa shape index (κ3) is 3.29. The van der Waals surface area contributed by atoms with Crippen molar-refractivity contribution in [2.24, 2.45) is 51.2 Å². The largest absolute Gasteiger partial charge is 0.103 e. The van der Waals surface area contributed by atoms with Crippen LogP contribution in [0.3, 0.4) is 0 Å². The summed E-state index contributed by atoms with van der Waals surface area (Å²) in [4.78, 5) is 0. The standard InChI is InChI=1S/C30H50/c1-8-9-10-11-12-13-23-14-18-30(7)25-16-19-29(6)24(15-17-27(29,3)4)26(25)22(2)20-28(30,5)21-23/h8,12-13,22-26H,1,9-11,14-21H2,2-7H3/b13-12+/t22-,23-,24?,25?,26?,28+,29+,30-/m1/s1. The minimum Gasteiger partial charge on any atom is -0.103 e. The zero-order valence-electron chi connectivity index (χ0n) is 21.1. The zero-order chi connectivity index (χ0) is 21.8. The van der Waals surface area contributed by atoms with Gasteiger partial charge in [0, 0.05) is 0 Å². The van der Waals surface area contributed by atoms with Gasteiger partial charge in [0.15, 0.2) is 0 Å². The summed E-state index contributed by atoms with van der Waals surface area (Å²) in [6.45, 7) is 19.8. The van der Waals surface area contributed by atoms with Crippen molar-refractivity contribution in [1.29, 1.82) is 0 Å². The molecule has 4 rings (SSSR count). The van der Waals surface area contributed by atoms with Gasteiger partial charge in [0.25, 0.3) is 0 Å². The van der Waals surface area contributed by atoms with Gasteiger partial charge in [-0.3, -0.25) is 0 Å². The number of fused-ring (bicyclic) bond motifs is 5. The second kappa shape index (κ2) is 7.81. The molecule has 0 bridgehead atoms. The van der Waals surface area contributed by atoms with Crippen molar-refractivity contribution in [3.05, 3.63) is 24.8 Å². The Bertz CT molecular complexity index is 670. The fraction of sp³-hybridized carbons (Fsp3) is 0.867. The topological polar surface area (TPSA) is 0 Å². The molecular weight excluding hydrogens is 360 g/mol. The number of hydrogen-bond acceptors (Lipinski definition) is 0. The van der Waals surface area contributed by atoms with E-state index in [9.17, 15) is 0 Å². The highest BCUT2D eigenvalue weighted by molar-refractivity contribution is 5.16. The van der Waals surface area contributed by atoms with Crippen LogP contribution in [-0.4, -0.2) is 0 Å². The quantitative estimate of drug-likeness (QED) is 0.313. The molecule has 0 nitrogen and oxygen atoms in total. The summed E-state index contributed by atoms with van der Waals surface area (Å²) >= 11 is 0. The van der Waals surface area contributed by atoms with E-state index in [4.69, 9.17) is 0 Å². The van der Waals surface area contributed by atoms with Crippen molar-refractivity contribution in [3.8, 4) is 0 Å². The first kappa shape index (κ1) is 22.7. The lowest BCUT2D eigenvalue weighted by molar-refractivity contribution is -0.184. The molecule has 0 amide bonds. The van der Waals surface area contributed by atoms with E-state index in [2.05, 4.69) is 66.3 Å². The summed E-state index contributed by atoms with van der Waals surface area (Å²) in [5, 5.41) is 0. The van der Waals surface area contributed by atoms with E-state index in [1.54, 1.807) is 0 Å². The summed E-state index contributed by atoms with van der Waals surface area (Å²) in [5.74, 6) is 4.65. The van der Waals surface area contributed by atoms with E-state index < -0.39 is 0 Å². The molecule has 0 aromatic rings. The van der Waals surface area contributed by atoms with E-state index in [1.165, 1.54) is 64.2 Å². The van der Waals surface area contributed by atoms with Crippen molar-refractivity contribution in [2.45, 2.75) is 112 Å². The van der Waals surface area contributed by atoms with E-state index in [0.29, 0.717) is 21.7 Å². The lowest BCUT2D eigenvalue weighted by Crippen LogP contribution is -2.60. The third-order valence-electron chi connectivity index (χ3n) is 11.9. The van der Waals surface area contributed by atoms with Crippen LogP contribution in [0.5, 0.6) is 0 Å². The Morgan fingerprint density at radius 2 is 1.50 bits per heavy atom. The van der Waals surface area contributed by atoms with Crippen LogP contribution in [0.1, 0.15) is 112 Å². The minimum atomic E-state index is 0.532. The maximum Gasteiger partial charge on any atom is -0.0228 e. The fourth-order valence-corrected chi connectivity index (χ4v) is 9.56. The number of unbranched alkanes of at least 4 members (excludes halogenated alkanes) is 2. The number of rotatable bonds is 5. The molecular formula is C30H50. The van der Waals surface area contributed by atoms with Gasteiger partial charge in [0.1, 0.15) is 0 Å². The second-order valence-corrected chi connectivity index (χ2v) is 13.5. The first-order valence-electron chi connectivity index (χ1n) is 13.4. The van der Waals surface area contributed by atoms with Crippen molar-refractivity contribution in [3.63, 3.8) is 0 Å². The molecule has 170 valence electrons. The molecule has 30 heavy (non-hydrogen) atoms. The van der Waals surface area contributed by atoms with Gasteiger partial charge in [-0.25, -0.2) is 0 Å². The molecule has 4 saturated carbocycles. The third-order valence-corrected chi connectivity index (χ3v) is 11.9. The molecule has 3 unspecified atom stereocenters. The van der Waals surface area contributed by atoms with Gasteiger partial charge in [-0.05, 0) is 122 Å². The fourth-order valence-electron chi connectivity index (χ4n) is 9.56. The monoisotopic (exact) mass is 410 g/mol. The molecule has 0 radical (unpaired) electrons. The predicted molar refractivity (Wildman–Crippen MR) is 131 cm³/mol. The Hall–Kier alpha value is -0.520. The highest BCUT2D eigenvalue weighted by Gasteiger charge is 2.66. The maximum atomic E-state index is 3.86.